The van der Waals surface area contributed by atoms with E-state index >= 15 is 0 Å². The normalized spacial score (nSPS) is 11.7. The predicted octanol–water partition coefficient (Wildman–Crippen LogP) is 2.60. The first-order valence-electron chi connectivity index (χ1n) is 8.83. The van der Waals surface area contributed by atoms with Crippen molar-refractivity contribution in [1.82, 2.24) is 20.9 Å². The Morgan fingerprint density at radius 1 is 1.25 bits per heavy atom. The van der Waals surface area contributed by atoms with Gasteiger partial charge in [-0.05, 0) is 17.9 Å². The van der Waals surface area contributed by atoms with Crippen molar-refractivity contribution in [2.45, 2.75) is 39.8 Å². The number of benzene rings is 1. The number of hydrazine groups is 1. The largest absolute Gasteiger partial charge is 0.289 e. The molecule has 8 nitrogen and oxygen atoms in total. The van der Waals surface area contributed by atoms with Crippen molar-refractivity contribution in [1.29, 1.82) is 0 Å². The number of hydroxylamine groups is 2. The molecule has 0 bridgehead atoms. The lowest BCUT2D eigenvalue weighted by Gasteiger charge is -2.27. The van der Waals surface area contributed by atoms with Gasteiger partial charge in [0, 0.05) is 12.3 Å². The molecule has 1 aromatic carbocycles. The summed E-state index contributed by atoms with van der Waals surface area (Å²) in [4.78, 5) is 44.7. The lowest BCUT2D eigenvalue weighted by atomic mass is 10.0. The average Bonchev–Trinajstić information content (AvgIpc) is 3.16. The molecule has 0 radical (unpaired) electrons. The highest BCUT2D eigenvalue weighted by molar-refractivity contribution is 7.09. The van der Waals surface area contributed by atoms with Crippen molar-refractivity contribution < 1.29 is 19.2 Å². The topological polar surface area (TPSA) is 101 Å². The molecule has 2 rings (SSSR count). The Hall–Kier alpha value is -2.78. The number of hydrogen-bond donors (Lipinski definition) is 2. The summed E-state index contributed by atoms with van der Waals surface area (Å²) in [5.74, 6) is -0.639. The van der Waals surface area contributed by atoms with Crippen LogP contribution < -0.4 is 10.9 Å². The first-order chi connectivity index (χ1) is 13.4. The number of carbonyl (C=O) groups excluding carboxylic acids is 3. The third kappa shape index (κ3) is 6.43. The van der Waals surface area contributed by atoms with Crippen LogP contribution in [0.5, 0.6) is 0 Å². The molecule has 1 aromatic heterocycles. The van der Waals surface area contributed by atoms with Gasteiger partial charge >= 0.3 is 0 Å². The van der Waals surface area contributed by atoms with E-state index in [1.807, 2.05) is 44.2 Å². The standard InChI is InChI=1S/C19H24N4O4S/c1-13(2)9-17(23(12-24)27-10-15-7-5-4-6-8-15)19-20-16(11-28-19)18(26)22-21-14(3)25/h4-8,11-13,17H,9-10H2,1-3H3,(H,21,25)(H,22,26). The minimum atomic E-state index is -0.524. The van der Waals surface area contributed by atoms with Crippen LogP contribution in [0.25, 0.3) is 0 Å². The van der Waals surface area contributed by atoms with Crippen molar-refractivity contribution in [3.8, 4) is 0 Å². The molecule has 9 heteroatoms. The number of nitrogens with zero attached hydrogens (tertiary/aromatic N) is 2. The maximum absolute atomic E-state index is 12.1. The Balaban J connectivity index is 2.13. The maximum atomic E-state index is 12.1. The van der Waals surface area contributed by atoms with Gasteiger partial charge in [0.25, 0.3) is 5.91 Å². The van der Waals surface area contributed by atoms with E-state index in [-0.39, 0.29) is 24.1 Å². The van der Waals surface area contributed by atoms with Crippen LogP contribution in [-0.4, -0.2) is 28.3 Å². The van der Waals surface area contributed by atoms with Gasteiger partial charge in [0.2, 0.25) is 12.3 Å². The second-order valence-corrected chi connectivity index (χ2v) is 7.47. The maximum Gasteiger partial charge on any atom is 0.289 e. The fourth-order valence-corrected chi connectivity index (χ4v) is 3.33. The quantitative estimate of drug-likeness (QED) is 0.494. The first-order valence-corrected chi connectivity index (χ1v) is 9.71. The fraction of sp³-hybridized carbons (Fsp3) is 0.368. The van der Waals surface area contributed by atoms with Crippen molar-refractivity contribution >= 4 is 29.6 Å². The van der Waals surface area contributed by atoms with Crippen LogP contribution in [0.3, 0.4) is 0 Å². The van der Waals surface area contributed by atoms with Crippen molar-refractivity contribution in [3.63, 3.8) is 0 Å². The zero-order chi connectivity index (χ0) is 20.5. The summed E-state index contributed by atoms with van der Waals surface area (Å²) in [6.45, 7) is 5.60. The highest BCUT2D eigenvalue weighted by atomic mass is 32.1. The minimum Gasteiger partial charge on any atom is -0.276 e. The Bertz CT molecular complexity index is 794. The highest BCUT2D eigenvalue weighted by Crippen LogP contribution is 2.30. The molecule has 1 unspecified atom stereocenters. The van der Waals surface area contributed by atoms with Gasteiger partial charge in [-0.2, -0.15) is 0 Å². The summed E-state index contributed by atoms with van der Waals surface area (Å²) in [5.41, 5.74) is 5.59. The van der Waals surface area contributed by atoms with E-state index < -0.39 is 11.9 Å². The van der Waals surface area contributed by atoms with Crippen LogP contribution in [0.4, 0.5) is 0 Å². The molecule has 1 atom stereocenters. The molecule has 0 saturated heterocycles. The molecular weight excluding hydrogens is 380 g/mol. The fourth-order valence-electron chi connectivity index (χ4n) is 2.43. The van der Waals surface area contributed by atoms with Gasteiger partial charge in [-0.1, -0.05) is 44.2 Å². The van der Waals surface area contributed by atoms with E-state index in [9.17, 15) is 14.4 Å². The zero-order valence-electron chi connectivity index (χ0n) is 16.0. The molecular formula is C19H24N4O4S. The molecule has 2 N–H and O–H groups in total. The van der Waals surface area contributed by atoms with Gasteiger partial charge in [-0.3, -0.25) is 30.1 Å². The molecule has 0 fully saturated rings. The number of amides is 3. The van der Waals surface area contributed by atoms with Crippen LogP contribution in [0.2, 0.25) is 0 Å². The van der Waals surface area contributed by atoms with Crippen LogP contribution in [0, 0.1) is 5.92 Å². The summed E-state index contributed by atoms with van der Waals surface area (Å²) in [7, 11) is 0. The van der Waals surface area contributed by atoms with Crippen LogP contribution >= 0.6 is 11.3 Å². The van der Waals surface area contributed by atoms with Gasteiger partial charge in [0.05, 0.1) is 0 Å². The van der Waals surface area contributed by atoms with E-state index in [1.54, 1.807) is 5.38 Å². The lowest BCUT2D eigenvalue weighted by molar-refractivity contribution is -0.195. The molecule has 1 heterocycles. The number of nitrogens with one attached hydrogen (secondary N) is 2. The second-order valence-electron chi connectivity index (χ2n) is 6.58. The summed E-state index contributed by atoms with van der Waals surface area (Å²) in [6.07, 6.45) is 1.25. The summed E-state index contributed by atoms with van der Waals surface area (Å²) < 4.78 is 0. The van der Waals surface area contributed by atoms with E-state index in [2.05, 4.69) is 15.8 Å². The molecule has 0 spiro atoms. The van der Waals surface area contributed by atoms with Gasteiger partial charge in [-0.15, -0.1) is 11.3 Å². The number of hydrogen-bond acceptors (Lipinski definition) is 6. The summed E-state index contributed by atoms with van der Waals surface area (Å²) >= 11 is 1.26. The van der Waals surface area contributed by atoms with Crippen molar-refractivity contribution in [3.05, 3.63) is 52.0 Å². The highest BCUT2D eigenvalue weighted by Gasteiger charge is 2.26. The van der Waals surface area contributed by atoms with Crippen LogP contribution in [0.1, 0.15) is 54.3 Å². The van der Waals surface area contributed by atoms with Gasteiger partial charge in [0.15, 0.2) is 0 Å². The van der Waals surface area contributed by atoms with Crippen LogP contribution in [0.15, 0.2) is 35.7 Å². The Morgan fingerprint density at radius 3 is 2.57 bits per heavy atom. The van der Waals surface area contributed by atoms with E-state index in [0.29, 0.717) is 17.8 Å². The Kier molecular flexibility index (Phi) is 8.09. The molecule has 3 amide bonds. The van der Waals surface area contributed by atoms with Crippen LogP contribution in [-0.2, 0) is 21.0 Å². The molecule has 0 saturated carbocycles. The van der Waals surface area contributed by atoms with E-state index in [0.717, 1.165) is 5.56 Å². The van der Waals surface area contributed by atoms with Gasteiger partial charge < -0.3 is 0 Å². The summed E-state index contributed by atoms with van der Waals surface area (Å²) in [6, 6.07) is 9.11. The molecule has 0 aliphatic carbocycles. The Labute approximate surface area is 167 Å². The van der Waals surface area contributed by atoms with Gasteiger partial charge in [0.1, 0.15) is 23.4 Å². The predicted molar refractivity (Wildman–Crippen MR) is 105 cm³/mol. The first kappa shape index (κ1) is 21.5. The smallest absolute Gasteiger partial charge is 0.276 e. The van der Waals surface area contributed by atoms with Crippen molar-refractivity contribution in [2.24, 2.45) is 5.92 Å². The van der Waals surface area contributed by atoms with Gasteiger partial charge in [-0.25, -0.2) is 10.0 Å². The number of rotatable bonds is 9. The van der Waals surface area contributed by atoms with Crippen molar-refractivity contribution in [2.75, 3.05) is 0 Å². The molecule has 150 valence electrons. The lowest BCUT2D eigenvalue weighted by Crippen LogP contribution is -2.40. The second kappa shape index (κ2) is 10.5. The zero-order valence-corrected chi connectivity index (χ0v) is 16.9. The molecule has 0 aliphatic rings. The minimum absolute atomic E-state index is 0.163. The SMILES string of the molecule is CC(=O)NNC(=O)c1csc(C(CC(C)C)N(C=O)OCc2ccccc2)n1. The summed E-state index contributed by atoms with van der Waals surface area (Å²) in [5, 5.41) is 3.42. The number of aromatic nitrogens is 1. The number of thiazole rings is 1. The molecule has 0 aliphatic heterocycles. The number of carbonyl (C=O) groups is 3. The molecule has 2 aromatic rings. The monoisotopic (exact) mass is 404 g/mol. The third-order valence-corrected chi connectivity index (χ3v) is 4.67. The third-order valence-electron chi connectivity index (χ3n) is 3.72. The Morgan fingerprint density at radius 2 is 1.96 bits per heavy atom. The molecule has 28 heavy (non-hydrogen) atoms. The van der Waals surface area contributed by atoms with E-state index in [4.69, 9.17) is 4.84 Å². The average molecular weight is 404 g/mol. The van der Waals surface area contributed by atoms with E-state index in [1.165, 1.54) is 23.3 Å².